The molecule has 0 aromatic heterocycles. The fourth-order valence-electron chi connectivity index (χ4n) is 1.75. The van der Waals surface area contributed by atoms with Gasteiger partial charge >= 0.3 is 0 Å². The zero-order valence-corrected chi connectivity index (χ0v) is 12.8. The van der Waals surface area contributed by atoms with Crippen LogP contribution in [0.25, 0.3) is 0 Å². The average Bonchev–Trinajstić information content (AvgIpc) is 2.23. The molecular formula is C15H24ClNO. The summed E-state index contributed by atoms with van der Waals surface area (Å²) >= 11 is 6.31. The minimum atomic E-state index is -0.197. The van der Waals surface area contributed by atoms with Crippen molar-refractivity contribution in [3.05, 3.63) is 28.8 Å². The van der Waals surface area contributed by atoms with Crippen LogP contribution in [0.1, 0.15) is 52.6 Å². The third-order valence-electron chi connectivity index (χ3n) is 2.56. The first-order chi connectivity index (χ1) is 8.33. The third kappa shape index (κ3) is 4.87. The fourth-order valence-corrected chi connectivity index (χ4v) is 2.08. The van der Waals surface area contributed by atoms with Crippen molar-refractivity contribution in [2.45, 2.75) is 52.7 Å². The molecule has 1 rings (SSSR count). The lowest BCUT2D eigenvalue weighted by Gasteiger charge is -2.22. The van der Waals surface area contributed by atoms with Gasteiger partial charge in [0, 0.05) is 11.1 Å². The summed E-state index contributed by atoms with van der Waals surface area (Å²) in [6, 6.07) is 6.18. The van der Waals surface area contributed by atoms with Crippen molar-refractivity contribution < 1.29 is 4.74 Å². The zero-order valence-electron chi connectivity index (χ0n) is 12.0. The van der Waals surface area contributed by atoms with Crippen molar-refractivity contribution in [2.75, 3.05) is 6.54 Å². The van der Waals surface area contributed by atoms with E-state index in [2.05, 4.69) is 19.2 Å². The van der Waals surface area contributed by atoms with Crippen molar-refractivity contribution in [2.24, 2.45) is 0 Å². The second-order valence-corrected chi connectivity index (χ2v) is 5.98. The maximum absolute atomic E-state index is 6.31. The van der Waals surface area contributed by atoms with Gasteiger partial charge in [-0.2, -0.15) is 0 Å². The Morgan fingerprint density at radius 3 is 2.50 bits per heavy atom. The first-order valence-electron chi connectivity index (χ1n) is 6.55. The van der Waals surface area contributed by atoms with E-state index in [4.69, 9.17) is 16.3 Å². The van der Waals surface area contributed by atoms with E-state index < -0.39 is 0 Å². The Bertz CT molecular complexity index is 385. The predicted molar refractivity (Wildman–Crippen MR) is 78.5 cm³/mol. The highest BCUT2D eigenvalue weighted by Gasteiger charge is 2.14. The monoisotopic (exact) mass is 269 g/mol. The zero-order chi connectivity index (χ0) is 13.8. The molecule has 18 heavy (non-hydrogen) atoms. The first-order valence-corrected chi connectivity index (χ1v) is 6.93. The Balaban J connectivity index is 2.79. The highest BCUT2D eigenvalue weighted by molar-refractivity contribution is 6.31. The summed E-state index contributed by atoms with van der Waals surface area (Å²) in [5, 5.41) is 4.19. The summed E-state index contributed by atoms with van der Waals surface area (Å²) in [6.45, 7) is 11.4. The van der Waals surface area contributed by atoms with Crippen molar-refractivity contribution in [3.8, 4) is 5.75 Å². The smallest absolute Gasteiger partial charge is 0.121 e. The van der Waals surface area contributed by atoms with Gasteiger partial charge in [-0.25, -0.2) is 0 Å². The van der Waals surface area contributed by atoms with Crippen molar-refractivity contribution >= 4 is 11.6 Å². The standard InChI is InChI=1S/C15H24ClNO/c1-6-9-17-11(2)13-8-7-12(10-14(13)16)18-15(3,4)5/h7-8,10-11,17H,6,9H2,1-5H3. The van der Waals surface area contributed by atoms with Crippen LogP contribution < -0.4 is 10.1 Å². The molecule has 1 aromatic carbocycles. The second-order valence-electron chi connectivity index (χ2n) is 5.57. The van der Waals surface area contributed by atoms with Gasteiger partial charge in [0.2, 0.25) is 0 Å². The summed E-state index contributed by atoms with van der Waals surface area (Å²) < 4.78 is 5.79. The Kier molecular flexibility index (Phi) is 5.48. The molecule has 1 N–H and O–H groups in total. The molecule has 0 amide bonds. The Morgan fingerprint density at radius 1 is 1.33 bits per heavy atom. The molecule has 0 radical (unpaired) electrons. The molecule has 0 bridgehead atoms. The van der Waals surface area contributed by atoms with Gasteiger partial charge in [0.25, 0.3) is 0 Å². The first kappa shape index (κ1) is 15.3. The summed E-state index contributed by atoms with van der Waals surface area (Å²) in [4.78, 5) is 0. The van der Waals surface area contributed by atoms with Gasteiger partial charge in [0.05, 0.1) is 0 Å². The maximum Gasteiger partial charge on any atom is 0.121 e. The van der Waals surface area contributed by atoms with E-state index in [1.54, 1.807) is 0 Å². The molecule has 0 heterocycles. The van der Waals surface area contributed by atoms with Crippen molar-refractivity contribution in [1.82, 2.24) is 5.32 Å². The summed E-state index contributed by atoms with van der Waals surface area (Å²) in [7, 11) is 0. The molecule has 0 saturated heterocycles. The number of hydrogen-bond acceptors (Lipinski definition) is 2. The van der Waals surface area contributed by atoms with E-state index >= 15 is 0 Å². The average molecular weight is 270 g/mol. The summed E-state index contributed by atoms with van der Waals surface area (Å²) in [5.41, 5.74) is 0.920. The molecule has 0 fully saturated rings. The molecule has 1 unspecified atom stereocenters. The lowest BCUT2D eigenvalue weighted by Crippen LogP contribution is -2.23. The summed E-state index contributed by atoms with van der Waals surface area (Å²) in [6.07, 6.45) is 1.12. The Labute approximate surface area is 116 Å². The molecule has 0 aliphatic heterocycles. The summed E-state index contributed by atoms with van der Waals surface area (Å²) in [5.74, 6) is 0.818. The number of halogens is 1. The number of benzene rings is 1. The molecular weight excluding hydrogens is 246 g/mol. The van der Waals surface area contributed by atoms with E-state index in [1.807, 2.05) is 39.0 Å². The van der Waals surface area contributed by atoms with Crippen LogP contribution in [0.3, 0.4) is 0 Å². The van der Waals surface area contributed by atoms with Crippen LogP contribution >= 0.6 is 11.6 Å². The van der Waals surface area contributed by atoms with Crippen LogP contribution in [-0.2, 0) is 0 Å². The Hall–Kier alpha value is -0.730. The molecule has 0 aliphatic carbocycles. The Morgan fingerprint density at radius 2 is 2.00 bits per heavy atom. The predicted octanol–water partition coefficient (Wildman–Crippen LogP) is 4.58. The van der Waals surface area contributed by atoms with Crippen LogP contribution in [0.4, 0.5) is 0 Å². The van der Waals surface area contributed by atoms with Crippen LogP contribution in [0.2, 0.25) is 5.02 Å². The number of rotatable bonds is 5. The molecule has 3 heteroatoms. The van der Waals surface area contributed by atoms with Gasteiger partial charge in [-0.05, 0) is 58.4 Å². The van der Waals surface area contributed by atoms with Crippen molar-refractivity contribution in [1.29, 1.82) is 0 Å². The minimum absolute atomic E-state index is 0.197. The number of ether oxygens (including phenoxy) is 1. The van der Waals surface area contributed by atoms with E-state index in [0.29, 0.717) is 0 Å². The van der Waals surface area contributed by atoms with E-state index in [0.717, 1.165) is 29.3 Å². The quantitative estimate of drug-likeness (QED) is 0.845. The van der Waals surface area contributed by atoms with Gasteiger partial charge in [-0.3, -0.25) is 0 Å². The highest BCUT2D eigenvalue weighted by Crippen LogP contribution is 2.29. The molecule has 1 atom stereocenters. The molecule has 0 spiro atoms. The van der Waals surface area contributed by atoms with Gasteiger partial charge in [0.1, 0.15) is 11.4 Å². The van der Waals surface area contributed by atoms with Crippen LogP contribution in [0.15, 0.2) is 18.2 Å². The van der Waals surface area contributed by atoms with E-state index in [9.17, 15) is 0 Å². The molecule has 1 aromatic rings. The highest BCUT2D eigenvalue weighted by atomic mass is 35.5. The normalized spacial score (nSPS) is 13.4. The van der Waals surface area contributed by atoms with Gasteiger partial charge in [-0.15, -0.1) is 0 Å². The fraction of sp³-hybridized carbons (Fsp3) is 0.600. The van der Waals surface area contributed by atoms with Crippen LogP contribution in [0.5, 0.6) is 5.75 Å². The van der Waals surface area contributed by atoms with Crippen LogP contribution in [-0.4, -0.2) is 12.1 Å². The molecule has 0 saturated carbocycles. The lowest BCUT2D eigenvalue weighted by molar-refractivity contribution is 0.131. The van der Waals surface area contributed by atoms with E-state index in [1.165, 1.54) is 0 Å². The topological polar surface area (TPSA) is 21.3 Å². The largest absolute Gasteiger partial charge is 0.488 e. The van der Waals surface area contributed by atoms with Crippen molar-refractivity contribution in [3.63, 3.8) is 0 Å². The number of hydrogen-bond donors (Lipinski definition) is 1. The number of nitrogens with one attached hydrogen (secondary N) is 1. The van der Waals surface area contributed by atoms with Gasteiger partial charge in [-0.1, -0.05) is 24.6 Å². The van der Waals surface area contributed by atoms with Gasteiger partial charge in [0.15, 0.2) is 0 Å². The maximum atomic E-state index is 6.31. The van der Waals surface area contributed by atoms with Gasteiger partial charge < -0.3 is 10.1 Å². The molecule has 102 valence electrons. The molecule has 2 nitrogen and oxygen atoms in total. The SMILES string of the molecule is CCCNC(C)c1ccc(OC(C)(C)C)cc1Cl. The second kappa shape index (κ2) is 6.44. The third-order valence-corrected chi connectivity index (χ3v) is 2.89. The van der Waals surface area contributed by atoms with Crippen LogP contribution in [0, 0.1) is 0 Å². The minimum Gasteiger partial charge on any atom is -0.488 e. The van der Waals surface area contributed by atoms with E-state index in [-0.39, 0.29) is 11.6 Å². The lowest BCUT2D eigenvalue weighted by atomic mass is 10.1. The molecule has 0 aliphatic rings.